The highest BCUT2D eigenvalue weighted by atomic mass is 16.2. The van der Waals surface area contributed by atoms with Crippen LogP contribution in [0.5, 0.6) is 0 Å². The van der Waals surface area contributed by atoms with E-state index in [1.54, 1.807) is 36.2 Å². The number of carbonyl (C=O) groups is 3. The number of amides is 3. The summed E-state index contributed by atoms with van der Waals surface area (Å²) in [6, 6.07) is 6.80. The van der Waals surface area contributed by atoms with Crippen molar-refractivity contribution in [3.63, 3.8) is 0 Å². The molecule has 6 nitrogen and oxygen atoms in total. The summed E-state index contributed by atoms with van der Waals surface area (Å²) in [6.07, 6.45) is 5.33. The van der Waals surface area contributed by atoms with Gasteiger partial charge in [-0.25, -0.2) is 0 Å². The zero-order valence-corrected chi connectivity index (χ0v) is 13.6. The molecule has 6 heteroatoms. The predicted molar refractivity (Wildman–Crippen MR) is 89.0 cm³/mol. The van der Waals surface area contributed by atoms with Gasteiger partial charge >= 0.3 is 11.8 Å². The van der Waals surface area contributed by atoms with E-state index in [0.29, 0.717) is 11.4 Å². The summed E-state index contributed by atoms with van der Waals surface area (Å²) in [6.45, 7) is 1.43. The highest BCUT2D eigenvalue weighted by Gasteiger charge is 2.26. The molecule has 1 aromatic carbocycles. The first kappa shape index (κ1) is 17.0. The summed E-state index contributed by atoms with van der Waals surface area (Å²) in [7, 11) is 1.69. The van der Waals surface area contributed by atoms with Crippen molar-refractivity contribution in [3.8, 4) is 0 Å². The molecular formula is C17H23N3O3. The lowest BCUT2D eigenvalue weighted by atomic mass is 9.94. The minimum atomic E-state index is -0.634. The first-order valence-electron chi connectivity index (χ1n) is 7.93. The van der Waals surface area contributed by atoms with Crippen LogP contribution in [0.15, 0.2) is 24.3 Å². The van der Waals surface area contributed by atoms with Crippen molar-refractivity contribution < 1.29 is 14.4 Å². The van der Waals surface area contributed by atoms with Crippen molar-refractivity contribution >= 4 is 29.1 Å². The fraction of sp³-hybridized carbons (Fsp3) is 0.471. The molecule has 2 rings (SSSR count). The maximum atomic E-state index is 12.2. The fourth-order valence-electron chi connectivity index (χ4n) is 2.82. The van der Waals surface area contributed by atoms with Crippen LogP contribution in [0.2, 0.25) is 0 Å². The van der Waals surface area contributed by atoms with Gasteiger partial charge in [0.1, 0.15) is 0 Å². The van der Waals surface area contributed by atoms with Gasteiger partial charge in [0, 0.05) is 31.4 Å². The van der Waals surface area contributed by atoms with E-state index in [9.17, 15) is 14.4 Å². The van der Waals surface area contributed by atoms with E-state index in [4.69, 9.17) is 0 Å². The van der Waals surface area contributed by atoms with Crippen LogP contribution in [-0.4, -0.2) is 35.7 Å². The van der Waals surface area contributed by atoms with Crippen molar-refractivity contribution in [2.75, 3.05) is 17.7 Å². The summed E-state index contributed by atoms with van der Waals surface area (Å²) in [5, 5.41) is 5.24. The molecule has 1 saturated carbocycles. The molecule has 1 aromatic rings. The van der Waals surface area contributed by atoms with E-state index < -0.39 is 11.8 Å². The second kappa shape index (κ2) is 7.76. The van der Waals surface area contributed by atoms with Gasteiger partial charge in [-0.3, -0.25) is 14.4 Å². The molecule has 0 radical (unpaired) electrons. The Kier molecular flexibility index (Phi) is 5.73. The van der Waals surface area contributed by atoms with Crippen molar-refractivity contribution in [1.29, 1.82) is 0 Å². The monoisotopic (exact) mass is 317 g/mol. The van der Waals surface area contributed by atoms with E-state index in [1.807, 2.05) is 0 Å². The SMILES string of the molecule is CC(=O)Nc1ccc(NC(=O)C(=O)N(C)C2CCCCC2)cc1. The van der Waals surface area contributed by atoms with Crippen LogP contribution in [-0.2, 0) is 14.4 Å². The van der Waals surface area contributed by atoms with Crippen LogP contribution < -0.4 is 10.6 Å². The first-order valence-corrected chi connectivity index (χ1v) is 7.93. The molecule has 0 aromatic heterocycles. The Hall–Kier alpha value is -2.37. The van der Waals surface area contributed by atoms with E-state index in [2.05, 4.69) is 10.6 Å². The van der Waals surface area contributed by atoms with Gasteiger partial charge in [-0.1, -0.05) is 19.3 Å². The van der Waals surface area contributed by atoms with Gasteiger partial charge in [-0.15, -0.1) is 0 Å². The molecule has 1 aliphatic carbocycles. The third kappa shape index (κ3) is 4.81. The lowest BCUT2D eigenvalue weighted by Crippen LogP contribution is -2.44. The van der Waals surface area contributed by atoms with Gasteiger partial charge < -0.3 is 15.5 Å². The number of rotatable bonds is 3. The van der Waals surface area contributed by atoms with Crippen LogP contribution in [0.25, 0.3) is 0 Å². The number of carbonyl (C=O) groups excluding carboxylic acids is 3. The largest absolute Gasteiger partial charge is 0.335 e. The summed E-state index contributed by atoms with van der Waals surface area (Å²) >= 11 is 0. The van der Waals surface area contributed by atoms with Crippen molar-refractivity contribution in [1.82, 2.24) is 4.90 Å². The standard InChI is InChI=1S/C17H23N3O3/c1-12(21)18-13-8-10-14(11-9-13)19-16(22)17(23)20(2)15-6-4-3-5-7-15/h8-11,15H,3-7H2,1-2H3,(H,18,21)(H,19,22). The molecule has 1 fully saturated rings. The number of hydrogen-bond donors (Lipinski definition) is 2. The third-order valence-corrected chi connectivity index (χ3v) is 4.10. The highest BCUT2D eigenvalue weighted by molar-refractivity contribution is 6.39. The predicted octanol–water partition coefficient (Wildman–Crippen LogP) is 2.37. The van der Waals surface area contributed by atoms with Gasteiger partial charge in [-0.2, -0.15) is 0 Å². The van der Waals surface area contributed by atoms with E-state index in [1.165, 1.54) is 13.3 Å². The van der Waals surface area contributed by atoms with Gasteiger partial charge in [0.25, 0.3) is 0 Å². The molecule has 0 heterocycles. The Labute approximate surface area is 136 Å². The second-order valence-corrected chi connectivity index (χ2v) is 5.92. The Morgan fingerprint density at radius 3 is 2.00 bits per heavy atom. The van der Waals surface area contributed by atoms with E-state index >= 15 is 0 Å². The molecule has 124 valence electrons. The highest BCUT2D eigenvalue weighted by Crippen LogP contribution is 2.22. The Bertz CT molecular complexity index is 577. The second-order valence-electron chi connectivity index (χ2n) is 5.92. The van der Waals surface area contributed by atoms with Gasteiger partial charge in [0.2, 0.25) is 5.91 Å². The van der Waals surface area contributed by atoms with Crippen LogP contribution in [0.1, 0.15) is 39.0 Å². The molecule has 0 spiro atoms. The van der Waals surface area contributed by atoms with Crippen LogP contribution >= 0.6 is 0 Å². The number of anilines is 2. The maximum absolute atomic E-state index is 12.2. The zero-order chi connectivity index (χ0) is 16.8. The number of nitrogens with one attached hydrogen (secondary N) is 2. The Morgan fingerprint density at radius 1 is 0.957 bits per heavy atom. The van der Waals surface area contributed by atoms with Gasteiger partial charge in [0.15, 0.2) is 0 Å². The molecule has 23 heavy (non-hydrogen) atoms. The van der Waals surface area contributed by atoms with Crippen molar-refractivity contribution in [3.05, 3.63) is 24.3 Å². The lowest BCUT2D eigenvalue weighted by molar-refractivity contribution is -0.144. The molecule has 0 unspecified atom stereocenters. The van der Waals surface area contributed by atoms with Gasteiger partial charge in [0.05, 0.1) is 0 Å². The summed E-state index contributed by atoms with van der Waals surface area (Å²) in [5.74, 6) is -1.31. The summed E-state index contributed by atoms with van der Waals surface area (Å²) in [4.78, 5) is 36.8. The molecule has 0 saturated heterocycles. The van der Waals surface area contributed by atoms with Crippen LogP contribution in [0, 0.1) is 0 Å². The van der Waals surface area contributed by atoms with E-state index in [0.717, 1.165) is 25.7 Å². The molecule has 0 bridgehead atoms. The fourth-order valence-corrected chi connectivity index (χ4v) is 2.82. The topological polar surface area (TPSA) is 78.5 Å². The minimum Gasteiger partial charge on any atom is -0.335 e. The molecule has 2 N–H and O–H groups in total. The lowest BCUT2D eigenvalue weighted by Gasteiger charge is -2.30. The molecule has 3 amide bonds. The third-order valence-electron chi connectivity index (χ3n) is 4.10. The summed E-state index contributed by atoms with van der Waals surface area (Å²) in [5.41, 5.74) is 1.16. The number of benzene rings is 1. The zero-order valence-electron chi connectivity index (χ0n) is 13.6. The molecular weight excluding hydrogens is 294 g/mol. The van der Waals surface area contributed by atoms with Crippen molar-refractivity contribution in [2.24, 2.45) is 0 Å². The van der Waals surface area contributed by atoms with Crippen molar-refractivity contribution in [2.45, 2.75) is 45.1 Å². The van der Waals surface area contributed by atoms with Gasteiger partial charge in [-0.05, 0) is 37.1 Å². The minimum absolute atomic E-state index is 0.157. The average molecular weight is 317 g/mol. The Morgan fingerprint density at radius 2 is 1.48 bits per heavy atom. The van der Waals surface area contributed by atoms with Crippen LogP contribution in [0.3, 0.4) is 0 Å². The quantitative estimate of drug-likeness (QED) is 0.840. The van der Waals surface area contributed by atoms with E-state index in [-0.39, 0.29) is 11.9 Å². The first-order chi connectivity index (χ1) is 11.0. The normalized spacial score (nSPS) is 14.9. The van der Waals surface area contributed by atoms with Crippen LogP contribution in [0.4, 0.5) is 11.4 Å². The maximum Gasteiger partial charge on any atom is 0.313 e. The Balaban J connectivity index is 1.92. The average Bonchev–Trinajstić information content (AvgIpc) is 2.55. The number of hydrogen-bond acceptors (Lipinski definition) is 3. The molecule has 0 atom stereocenters. The number of likely N-dealkylation sites (N-methyl/N-ethyl adjacent to an activating group) is 1. The molecule has 0 aliphatic heterocycles. The summed E-state index contributed by atoms with van der Waals surface area (Å²) < 4.78 is 0. The smallest absolute Gasteiger partial charge is 0.313 e. The molecule has 1 aliphatic rings. The number of nitrogens with zero attached hydrogens (tertiary/aromatic N) is 1.